The Hall–Kier alpha value is -3.72. The van der Waals surface area contributed by atoms with Crippen LogP contribution >= 0.6 is 15.9 Å². The van der Waals surface area contributed by atoms with E-state index in [0.717, 1.165) is 73.5 Å². The lowest BCUT2D eigenvalue weighted by Gasteiger charge is -2.38. The minimum Gasteiger partial charge on any atom is -0.495 e. The molecule has 0 spiro atoms. The van der Waals surface area contributed by atoms with Crippen molar-refractivity contribution in [3.05, 3.63) is 76.8 Å². The van der Waals surface area contributed by atoms with E-state index in [2.05, 4.69) is 47.7 Å². The maximum atomic E-state index is 13.6. The molecule has 1 saturated carbocycles. The Morgan fingerprint density at radius 2 is 1.48 bits per heavy atom. The molecule has 210 valence electrons. The second-order valence-corrected chi connectivity index (χ2v) is 11.2. The lowest BCUT2D eigenvalue weighted by molar-refractivity contribution is 0.0928. The zero-order chi connectivity index (χ0) is 27.9. The second kappa shape index (κ2) is 13.1. The molecule has 0 atom stereocenters. The number of carbonyl (C=O) groups excluding carboxylic acids is 2. The van der Waals surface area contributed by atoms with Gasteiger partial charge >= 0.3 is 6.03 Å². The summed E-state index contributed by atoms with van der Waals surface area (Å²) < 4.78 is 6.45. The van der Waals surface area contributed by atoms with Gasteiger partial charge in [0.15, 0.2) is 0 Å². The standard InChI is InChI=1S/C31H36BrN5O3/c1-40-29-13-6-5-12-28(29)37-18-16-36(17-19-37)27-15-14-25(35-31(39)34-24-11-7-8-22(32)20-24)21-26(27)30(38)33-23-9-3-2-4-10-23/h5-8,11-15,20-21,23H,2-4,9-10,16-19H2,1H3,(H,33,38)(H2,34,35,39). The monoisotopic (exact) mass is 605 g/mol. The minimum atomic E-state index is -0.366. The predicted molar refractivity (Wildman–Crippen MR) is 165 cm³/mol. The highest BCUT2D eigenvalue weighted by atomic mass is 79.9. The number of para-hydroxylation sites is 2. The van der Waals surface area contributed by atoms with Crippen molar-refractivity contribution in [2.75, 3.05) is 53.7 Å². The number of ether oxygens (including phenoxy) is 1. The number of piperazine rings is 1. The quantitative estimate of drug-likeness (QED) is 0.286. The highest BCUT2D eigenvalue weighted by Crippen LogP contribution is 2.31. The molecule has 0 unspecified atom stereocenters. The van der Waals surface area contributed by atoms with Crippen LogP contribution in [0.4, 0.5) is 27.5 Å². The van der Waals surface area contributed by atoms with Gasteiger partial charge in [0.2, 0.25) is 0 Å². The Bertz CT molecular complexity index is 1340. The van der Waals surface area contributed by atoms with Crippen LogP contribution in [0.15, 0.2) is 71.2 Å². The van der Waals surface area contributed by atoms with E-state index < -0.39 is 0 Å². The van der Waals surface area contributed by atoms with Crippen LogP contribution in [0.1, 0.15) is 42.5 Å². The van der Waals surface area contributed by atoms with Gasteiger partial charge in [-0.05, 0) is 61.4 Å². The van der Waals surface area contributed by atoms with Crippen LogP contribution in [-0.2, 0) is 0 Å². The molecule has 1 aliphatic carbocycles. The van der Waals surface area contributed by atoms with Gasteiger partial charge in [0, 0.05) is 53.8 Å². The van der Waals surface area contributed by atoms with Gasteiger partial charge in [0.25, 0.3) is 5.91 Å². The molecule has 0 aromatic heterocycles. The van der Waals surface area contributed by atoms with Crippen molar-refractivity contribution in [2.45, 2.75) is 38.1 Å². The molecule has 40 heavy (non-hydrogen) atoms. The van der Waals surface area contributed by atoms with Crippen LogP contribution in [-0.4, -0.2) is 51.3 Å². The molecule has 9 heteroatoms. The number of benzene rings is 3. The van der Waals surface area contributed by atoms with Gasteiger partial charge in [-0.2, -0.15) is 0 Å². The molecule has 1 saturated heterocycles. The van der Waals surface area contributed by atoms with E-state index in [9.17, 15) is 9.59 Å². The topological polar surface area (TPSA) is 85.9 Å². The fourth-order valence-electron chi connectivity index (χ4n) is 5.52. The lowest BCUT2D eigenvalue weighted by Crippen LogP contribution is -2.47. The highest BCUT2D eigenvalue weighted by molar-refractivity contribution is 9.10. The number of rotatable bonds is 7. The molecule has 1 aliphatic heterocycles. The molecule has 8 nitrogen and oxygen atoms in total. The van der Waals surface area contributed by atoms with Crippen molar-refractivity contribution in [1.29, 1.82) is 0 Å². The largest absolute Gasteiger partial charge is 0.495 e. The molecular formula is C31H36BrN5O3. The van der Waals surface area contributed by atoms with Crippen LogP contribution < -0.4 is 30.5 Å². The number of nitrogens with zero attached hydrogens (tertiary/aromatic N) is 2. The first-order chi connectivity index (χ1) is 19.5. The SMILES string of the molecule is COc1ccccc1N1CCN(c2ccc(NC(=O)Nc3cccc(Br)c3)cc2C(=O)NC2CCCCC2)CC1. The number of amides is 3. The average Bonchev–Trinajstić information content (AvgIpc) is 2.97. The summed E-state index contributed by atoms with van der Waals surface area (Å²) in [6, 6.07) is 20.9. The molecule has 0 bridgehead atoms. The highest BCUT2D eigenvalue weighted by Gasteiger charge is 2.25. The van der Waals surface area contributed by atoms with Crippen LogP contribution in [0.2, 0.25) is 0 Å². The molecular weight excluding hydrogens is 570 g/mol. The molecule has 1 heterocycles. The van der Waals surface area contributed by atoms with Gasteiger partial charge in [-0.1, -0.05) is 53.4 Å². The summed E-state index contributed by atoms with van der Waals surface area (Å²) in [6.07, 6.45) is 5.51. The van der Waals surface area contributed by atoms with Crippen molar-refractivity contribution >= 4 is 50.6 Å². The fraction of sp³-hybridized carbons (Fsp3) is 0.355. The molecule has 3 N–H and O–H groups in total. The van der Waals surface area contributed by atoms with Crippen LogP contribution in [0.3, 0.4) is 0 Å². The Balaban J connectivity index is 1.33. The fourth-order valence-corrected chi connectivity index (χ4v) is 5.92. The summed E-state index contributed by atoms with van der Waals surface area (Å²) >= 11 is 3.42. The van der Waals surface area contributed by atoms with E-state index >= 15 is 0 Å². The third kappa shape index (κ3) is 6.88. The van der Waals surface area contributed by atoms with Gasteiger partial charge in [-0.3, -0.25) is 4.79 Å². The van der Waals surface area contributed by atoms with Crippen molar-refractivity contribution in [3.8, 4) is 5.75 Å². The number of hydrogen-bond acceptors (Lipinski definition) is 5. The Morgan fingerprint density at radius 1 is 0.800 bits per heavy atom. The predicted octanol–water partition coefficient (Wildman–Crippen LogP) is 6.49. The normalized spacial score (nSPS) is 15.8. The number of halogens is 1. The number of nitrogens with one attached hydrogen (secondary N) is 3. The van der Waals surface area contributed by atoms with Crippen LogP contribution in [0, 0.1) is 0 Å². The maximum absolute atomic E-state index is 13.6. The molecule has 3 aromatic rings. The lowest BCUT2D eigenvalue weighted by atomic mass is 9.95. The summed E-state index contributed by atoms with van der Waals surface area (Å²) in [5.74, 6) is 0.769. The molecule has 5 rings (SSSR count). The number of anilines is 4. The Morgan fingerprint density at radius 3 is 2.17 bits per heavy atom. The molecule has 2 fully saturated rings. The van der Waals surface area contributed by atoms with Gasteiger partial charge in [-0.15, -0.1) is 0 Å². The molecule has 3 aromatic carbocycles. The number of carbonyl (C=O) groups is 2. The first-order valence-electron chi connectivity index (χ1n) is 13.9. The van der Waals surface area contributed by atoms with Gasteiger partial charge in [-0.25, -0.2) is 4.79 Å². The van der Waals surface area contributed by atoms with Crippen LogP contribution in [0.5, 0.6) is 5.75 Å². The van der Waals surface area contributed by atoms with Crippen molar-refractivity contribution in [3.63, 3.8) is 0 Å². The summed E-state index contributed by atoms with van der Waals surface area (Å²) in [4.78, 5) is 30.9. The Labute approximate surface area is 244 Å². The smallest absolute Gasteiger partial charge is 0.323 e. The summed E-state index contributed by atoms with van der Waals surface area (Å²) in [5, 5.41) is 9.01. The minimum absolute atomic E-state index is 0.0925. The zero-order valence-corrected chi connectivity index (χ0v) is 24.4. The number of methoxy groups -OCH3 is 1. The average molecular weight is 607 g/mol. The molecule has 2 aliphatic rings. The first kappa shape index (κ1) is 27.8. The summed E-state index contributed by atoms with van der Waals surface area (Å²) in [7, 11) is 1.70. The number of hydrogen-bond donors (Lipinski definition) is 3. The van der Waals surface area contributed by atoms with Gasteiger partial charge in [0.1, 0.15) is 5.75 Å². The first-order valence-corrected chi connectivity index (χ1v) is 14.7. The van der Waals surface area contributed by atoms with Crippen LogP contribution in [0.25, 0.3) is 0 Å². The van der Waals surface area contributed by atoms with E-state index in [1.807, 2.05) is 54.6 Å². The van der Waals surface area contributed by atoms with Gasteiger partial charge in [0.05, 0.1) is 18.4 Å². The number of urea groups is 1. The second-order valence-electron chi connectivity index (χ2n) is 10.3. The maximum Gasteiger partial charge on any atom is 0.323 e. The zero-order valence-electron chi connectivity index (χ0n) is 22.8. The molecule has 3 amide bonds. The van der Waals surface area contributed by atoms with Crippen molar-refractivity contribution < 1.29 is 14.3 Å². The third-order valence-corrected chi connectivity index (χ3v) is 8.06. The summed E-state index contributed by atoms with van der Waals surface area (Å²) in [6.45, 7) is 3.13. The van der Waals surface area contributed by atoms with E-state index in [4.69, 9.17) is 4.74 Å². The van der Waals surface area contributed by atoms with Gasteiger partial charge < -0.3 is 30.5 Å². The molecule has 0 radical (unpaired) electrons. The van der Waals surface area contributed by atoms with Crippen molar-refractivity contribution in [2.24, 2.45) is 0 Å². The Kier molecular flexibility index (Phi) is 9.11. The van der Waals surface area contributed by atoms with E-state index in [0.29, 0.717) is 16.9 Å². The summed E-state index contributed by atoms with van der Waals surface area (Å²) in [5.41, 5.74) is 3.78. The van der Waals surface area contributed by atoms with E-state index in [1.54, 1.807) is 13.2 Å². The van der Waals surface area contributed by atoms with E-state index in [1.165, 1.54) is 6.42 Å². The third-order valence-electron chi connectivity index (χ3n) is 7.57. The van der Waals surface area contributed by atoms with Crippen molar-refractivity contribution in [1.82, 2.24) is 5.32 Å². The van der Waals surface area contributed by atoms with E-state index in [-0.39, 0.29) is 18.0 Å².